The standard InChI is InChI=1S/C17H11F4NO2/c18-9-3-8(4-10(19)5-9)16-12(1-2-15(23)24)13-6-11(20)7-14(21)17(13)22-16/h3-7,22H,1-2H2,(H,23,24). The highest BCUT2D eigenvalue weighted by molar-refractivity contribution is 5.91. The van der Waals surface area contributed by atoms with Crippen LogP contribution in [-0.4, -0.2) is 16.1 Å². The van der Waals surface area contributed by atoms with Crippen LogP contribution in [-0.2, 0) is 11.2 Å². The summed E-state index contributed by atoms with van der Waals surface area (Å²) in [5, 5.41) is 9.01. The number of fused-ring (bicyclic) bond motifs is 1. The predicted octanol–water partition coefficient (Wildman–Crippen LogP) is 4.41. The zero-order valence-electron chi connectivity index (χ0n) is 12.2. The largest absolute Gasteiger partial charge is 0.481 e. The van der Waals surface area contributed by atoms with E-state index in [1.807, 2.05) is 0 Å². The van der Waals surface area contributed by atoms with Gasteiger partial charge in [-0.05, 0) is 30.2 Å². The molecule has 3 nitrogen and oxygen atoms in total. The fourth-order valence-corrected chi connectivity index (χ4v) is 2.71. The van der Waals surface area contributed by atoms with E-state index in [-0.39, 0.29) is 40.6 Å². The second kappa shape index (κ2) is 5.99. The predicted molar refractivity (Wildman–Crippen MR) is 79.5 cm³/mol. The van der Waals surface area contributed by atoms with Crippen molar-refractivity contribution in [2.45, 2.75) is 12.8 Å². The molecule has 0 bridgehead atoms. The van der Waals surface area contributed by atoms with E-state index >= 15 is 0 Å². The van der Waals surface area contributed by atoms with Crippen molar-refractivity contribution in [3.8, 4) is 11.3 Å². The summed E-state index contributed by atoms with van der Waals surface area (Å²) in [6, 6.07) is 4.49. The lowest BCUT2D eigenvalue weighted by Gasteiger charge is -2.05. The number of hydrogen-bond acceptors (Lipinski definition) is 1. The molecule has 2 N–H and O–H groups in total. The monoisotopic (exact) mass is 337 g/mol. The highest BCUT2D eigenvalue weighted by Gasteiger charge is 2.18. The molecule has 0 aliphatic heterocycles. The zero-order chi connectivity index (χ0) is 17.4. The van der Waals surface area contributed by atoms with E-state index in [4.69, 9.17) is 5.11 Å². The number of aliphatic carboxylic acids is 1. The second-order valence-electron chi connectivity index (χ2n) is 5.34. The van der Waals surface area contributed by atoms with Gasteiger partial charge in [0, 0.05) is 35.2 Å². The van der Waals surface area contributed by atoms with Crippen LogP contribution in [0.4, 0.5) is 17.6 Å². The molecule has 2 aromatic carbocycles. The first kappa shape index (κ1) is 16.0. The van der Waals surface area contributed by atoms with Gasteiger partial charge in [0.2, 0.25) is 0 Å². The van der Waals surface area contributed by atoms with Crippen molar-refractivity contribution in [1.29, 1.82) is 0 Å². The van der Waals surface area contributed by atoms with Crippen molar-refractivity contribution < 1.29 is 27.5 Å². The van der Waals surface area contributed by atoms with Crippen molar-refractivity contribution in [2.24, 2.45) is 0 Å². The van der Waals surface area contributed by atoms with Crippen molar-refractivity contribution >= 4 is 16.9 Å². The zero-order valence-corrected chi connectivity index (χ0v) is 12.2. The van der Waals surface area contributed by atoms with Gasteiger partial charge in [-0.2, -0.15) is 0 Å². The molecule has 3 rings (SSSR count). The van der Waals surface area contributed by atoms with Gasteiger partial charge in [-0.25, -0.2) is 17.6 Å². The second-order valence-corrected chi connectivity index (χ2v) is 5.34. The number of aromatic nitrogens is 1. The summed E-state index contributed by atoms with van der Waals surface area (Å²) in [5.41, 5.74) is 0.491. The molecule has 0 spiro atoms. The smallest absolute Gasteiger partial charge is 0.303 e. The van der Waals surface area contributed by atoms with Gasteiger partial charge >= 0.3 is 5.97 Å². The van der Waals surface area contributed by atoms with Crippen LogP contribution in [0.1, 0.15) is 12.0 Å². The van der Waals surface area contributed by atoms with E-state index in [2.05, 4.69) is 4.98 Å². The Morgan fingerprint density at radius 3 is 2.21 bits per heavy atom. The molecule has 7 heteroatoms. The Kier molecular flexibility index (Phi) is 4.01. The van der Waals surface area contributed by atoms with Crippen LogP contribution >= 0.6 is 0 Å². The Labute approximate surface area is 133 Å². The van der Waals surface area contributed by atoms with Gasteiger partial charge in [0.05, 0.1) is 5.52 Å². The molecule has 0 radical (unpaired) electrons. The highest BCUT2D eigenvalue weighted by Crippen LogP contribution is 2.33. The Bertz CT molecular complexity index is 929. The summed E-state index contributed by atoms with van der Waals surface area (Å²) in [5.74, 6) is -4.46. The van der Waals surface area contributed by atoms with Gasteiger partial charge in [-0.15, -0.1) is 0 Å². The SMILES string of the molecule is O=C(O)CCc1c(-c2cc(F)cc(F)c2)[nH]c2c(F)cc(F)cc12. The van der Waals surface area contributed by atoms with E-state index in [0.717, 1.165) is 18.2 Å². The minimum absolute atomic E-state index is 0.0449. The summed E-state index contributed by atoms with van der Waals surface area (Å²) >= 11 is 0. The molecule has 0 saturated carbocycles. The average molecular weight is 337 g/mol. The molecule has 0 unspecified atom stereocenters. The molecule has 3 aromatic rings. The molecule has 1 aromatic heterocycles. The van der Waals surface area contributed by atoms with Gasteiger partial charge < -0.3 is 10.1 Å². The van der Waals surface area contributed by atoms with Crippen molar-refractivity contribution in [2.75, 3.05) is 0 Å². The summed E-state index contributed by atoms with van der Waals surface area (Å²) in [6.07, 6.45) is -0.346. The van der Waals surface area contributed by atoms with Crippen LogP contribution in [0.5, 0.6) is 0 Å². The minimum Gasteiger partial charge on any atom is -0.481 e. The van der Waals surface area contributed by atoms with E-state index < -0.39 is 29.2 Å². The molecule has 0 aliphatic carbocycles. The fourth-order valence-electron chi connectivity index (χ4n) is 2.71. The summed E-state index contributed by atoms with van der Waals surface area (Å²) < 4.78 is 54.5. The van der Waals surface area contributed by atoms with Crippen molar-refractivity contribution in [3.63, 3.8) is 0 Å². The average Bonchev–Trinajstić information content (AvgIpc) is 2.83. The van der Waals surface area contributed by atoms with E-state index in [0.29, 0.717) is 12.1 Å². The highest BCUT2D eigenvalue weighted by atomic mass is 19.1. The van der Waals surface area contributed by atoms with Gasteiger partial charge in [-0.1, -0.05) is 0 Å². The quantitative estimate of drug-likeness (QED) is 0.693. The lowest BCUT2D eigenvalue weighted by Crippen LogP contribution is -1.98. The minimum atomic E-state index is -1.10. The molecule has 124 valence electrons. The Morgan fingerprint density at radius 2 is 1.58 bits per heavy atom. The molecule has 1 heterocycles. The summed E-state index contributed by atoms with van der Waals surface area (Å²) in [7, 11) is 0. The van der Waals surface area contributed by atoms with E-state index in [9.17, 15) is 22.4 Å². The summed E-state index contributed by atoms with van der Waals surface area (Å²) in [6.45, 7) is 0. The third-order valence-electron chi connectivity index (χ3n) is 3.67. The maximum atomic E-state index is 14.0. The van der Waals surface area contributed by atoms with Crippen LogP contribution in [0.2, 0.25) is 0 Å². The van der Waals surface area contributed by atoms with Gasteiger partial charge in [0.15, 0.2) is 0 Å². The van der Waals surface area contributed by atoms with Crippen molar-refractivity contribution in [3.05, 3.63) is 59.2 Å². The number of aryl methyl sites for hydroxylation is 1. The molecular weight excluding hydrogens is 326 g/mol. The maximum absolute atomic E-state index is 14.0. The van der Waals surface area contributed by atoms with Crippen LogP contribution in [0, 0.1) is 23.3 Å². The topological polar surface area (TPSA) is 53.1 Å². The molecular formula is C17H11F4NO2. The van der Waals surface area contributed by atoms with E-state index in [1.165, 1.54) is 0 Å². The first-order valence-corrected chi connectivity index (χ1v) is 7.03. The first-order valence-electron chi connectivity index (χ1n) is 7.03. The lowest BCUT2D eigenvalue weighted by atomic mass is 10.0. The van der Waals surface area contributed by atoms with Gasteiger partial charge in [-0.3, -0.25) is 4.79 Å². The number of benzene rings is 2. The van der Waals surface area contributed by atoms with Crippen LogP contribution in [0.25, 0.3) is 22.2 Å². The fraction of sp³-hybridized carbons (Fsp3) is 0.118. The Balaban J connectivity index is 2.27. The number of carbonyl (C=O) groups is 1. The Morgan fingerprint density at radius 1 is 0.958 bits per heavy atom. The van der Waals surface area contributed by atoms with E-state index in [1.54, 1.807) is 0 Å². The van der Waals surface area contributed by atoms with Gasteiger partial charge in [0.25, 0.3) is 0 Å². The lowest BCUT2D eigenvalue weighted by molar-refractivity contribution is -0.136. The van der Waals surface area contributed by atoms with Crippen LogP contribution < -0.4 is 0 Å². The van der Waals surface area contributed by atoms with Crippen molar-refractivity contribution in [1.82, 2.24) is 4.98 Å². The molecule has 0 atom stereocenters. The summed E-state index contributed by atoms with van der Waals surface area (Å²) in [4.78, 5) is 13.5. The number of rotatable bonds is 4. The number of carboxylic acids is 1. The first-order chi connectivity index (χ1) is 11.3. The van der Waals surface area contributed by atoms with Crippen LogP contribution in [0.15, 0.2) is 30.3 Å². The maximum Gasteiger partial charge on any atom is 0.303 e. The number of halogens is 4. The molecule has 24 heavy (non-hydrogen) atoms. The third-order valence-corrected chi connectivity index (χ3v) is 3.67. The third kappa shape index (κ3) is 2.97. The number of H-pyrrole nitrogens is 1. The number of aromatic amines is 1. The molecule has 0 fully saturated rings. The molecule has 0 amide bonds. The van der Waals surface area contributed by atoms with Crippen LogP contribution in [0.3, 0.4) is 0 Å². The number of nitrogens with one attached hydrogen (secondary N) is 1. The molecule has 0 saturated heterocycles. The Hall–Kier alpha value is -2.83. The van der Waals surface area contributed by atoms with Gasteiger partial charge in [0.1, 0.15) is 23.3 Å². The number of carboxylic acid groups (broad SMARTS) is 1. The normalized spacial score (nSPS) is 11.2. The number of hydrogen-bond donors (Lipinski definition) is 2. The molecule has 0 aliphatic rings.